The predicted octanol–water partition coefficient (Wildman–Crippen LogP) is 3.49. The Balaban J connectivity index is 1.77. The number of methoxy groups -OCH3 is 1. The van der Waals surface area contributed by atoms with Crippen LogP contribution in [-0.4, -0.2) is 31.9 Å². The van der Waals surface area contributed by atoms with Crippen molar-refractivity contribution < 1.29 is 9.47 Å². The second-order valence-corrected chi connectivity index (χ2v) is 6.34. The second kappa shape index (κ2) is 6.37. The van der Waals surface area contributed by atoms with Crippen LogP contribution in [0.25, 0.3) is 0 Å². The Kier molecular flexibility index (Phi) is 4.51. The van der Waals surface area contributed by atoms with Crippen molar-refractivity contribution in [2.45, 2.75) is 56.6 Å². The summed E-state index contributed by atoms with van der Waals surface area (Å²) >= 11 is 0. The molecule has 116 valence electrons. The highest BCUT2D eigenvalue weighted by atomic mass is 16.5. The van der Waals surface area contributed by atoms with E-state index < -0.39 is 0 Å². The lowest BCUT2D eigenvalue weighted by Crippen LogP contribution is -2.57. The summed E-state index contributed by atoms with van der Waals surface area (Å²) in [6.07, 6.45) is 5.92. The molecule has 0 saturated heterocycles. The topological polar surface area (TPSA) is 30.5 Å². The number of rotatable bonds is 6. The van der Waals surface area contributed by atoms with Crippen molar-refractivity contribution in [3.05, 3.63) is 29.8 Å². The van der Waals surface area contributed by atoms with E-state index in [-0.39, 0.29) is 5.60 Å². The van der Waals surface area contributed by atoms with Gasteiger partial charge in [-0.3, -0.25) is 0 Å². The number of benzene rings is 1. The molecule has 1 aliphatic heterocycles. The van der Waals surface area contributed by atoms with Crippen LogP contribution in [0.1, 0.15) is 50.5 Å². The van der Waals surface area contributed by atoms with Gasteiger partial charge in [0.2, 0.25) is 0 Å². The maximum atomic E-state index is 5.92. The molecule has 3 nitrogen and oxygen atoms in total. The van der Waals surface area contributed by atoms with Gasteiger partial charge >= 0.3 is 0 Å². The molecule has 1 saturated carbocycles. The maximum Gasteiger partial charge on any atom is 0.122 e. The van der Waals surface area contributed by atoms with Crippen LogP contribution >= 0.6 is 0 Å². The summed E-state index contributed by atoms with van der Waals surface area (Å²) in [5.74, 6) is 1.65. The van der Waals surface area contributed by atoms with Crippen molar-refractivity contribution in [1.82, 2.24) is 5.32 Å². The largest absolute Gasteiger partial charge is 0.493 e. The molecular weight excluding hydrogens is 262 g/mol. The zero-order chi connectivity index (χ0) is 14.7. The summed E-state index contributed by atoms with van der Waals surface area (Å²) in [7, 11) is 1.88. The van der Waals surface area contributed by atoms with Crippen LogP contribution < -0.4 is 10.1 Å². The third kappa shape index (κ3) is 2.82. The monoisotopic (exact) mass is 289 g/mol. The lowest BCUT2D eigenvalue weighted by atomic mass is 9.70. The van der Waals surface area contributed by atoms with Gasteiger partial charge in [-0.05, 0) is 56.2 Å². The molecule has 0 bridgehead atoms. The van der Waals surface area contributed by atoms with Crippen molar-refractivity contribution in [3.63, 3.8) is 0 Å². The maximum absolute atomic E-state index is 5.92. The molecule has 1 N–H and O–H groups in total. The number of hydrogen-bond acceptors (Lipinski definition) is 3. The SMILES string of the molecule is CCNC(CC1CCOc2ccccc21)C1(OC)CCC1. The van der Waals surface area contributed by atoms with Gasteiger partial charge in [0, 0.05) is 13.2 Å². The Hall–Kier alpha value is -1.06. The number of likely N-dealkylation sites (N-methyl/N-ethyl adjacent to an activating group) is 1. The Morgan fingerprint density at radius 1 is 1.38 bits per heavy atom. The zero-order valence-corrected chi connectivity index (χ0v) is 13.2. The van der Waals surface area contributed by atoms with Crippen LogP contribution in [0.4, 0.5) is 0 Å². The quantitative estimate of drug-likeness (QED) is 0.869. The predicted molar refractivity (Wildman–Crippen MR) is 85.0 cm³/mol. The molecule has 1 fully saturated rings. The van der Waals surface area contributed by atoms with Crippen LogP contribution in [0.15, 0.2) is 24.3 Å². The van der Waals surface area contributed by atoms with E-state index in [9.17, 15) is 0 Å². The summed E-state index contributed by atoms with van der Waals surface area (Å²) in [6, 6.07) is 8.95. The summed E-state index contributed by atoms with van der Waals surface area (Å²) < 4.78 is 11.7. The van der Waals surface area contributed by atoms with Gasteiger partial charge in [0.05, 0.1) is 12.2 Å². The molecule has 1 heterocycles. The fourth-order valence-corrected chi connectivity index (χ4v) is 3.90. The normalized spacial score (nSPS) is 24.6. The van der Waals surface area contributed by atoms with E-state index in [1.54, 1.807) is 0 Å². The lowest BCUT2D eigenvalue weighted by Gasteiger charge is -2.48. The molecule has 2 atom stereocenters. The summed E-state index contributed by atoms with van der Waals surface area (Å²) in [6.45, 7) is 4.02. The first-order valence-electron chi connectivity index (χ1n) is 8.29. The van der Waals surface area contributed by atoms with Crippen LogP contribution in [-0.2, 0) is 4.74 Å². The molecule has 1 aromatic carbocycles. The average Bonchev–Trinajstić information content (AvgIpc) is 2.47. The van der Waals surface area contributed by atoms with Gasteiger partial charge in [0.25, 0.3) is 0 Å². The van der Waals surface area contributed by atoms with E-state index in [1.165, 1.54) is 24.8 Å². The number of para-hydroxylation sites is 1. The molecule has 0 spiro atoms. The highest BCUT2D eigenvalue weighted by molar-refractivity contribution is 5.38. The van der Waals surface area contributed by atoms with Crippen molar-refractivity contribution in [2.24, 2.45) is 0 Å². The fourth-order valence-electron chi connectivity index (χ4n) is 3.90. The Morgan fingerprint density at radius 2 is 2.19 bits per heavy atom. The lowest BCUT2D eigenvalue weighted by molar-refractivity contribution is -0.101. The summed E-state index contributed by atoms with van der Waals surface area (Å²) in [5, 5.41) is 3.69. The van der Waals surface area contributed by atoms with E-state index in [0.717, 1.165) is 31.7 Å². The van der Waals surface area contributed by atoms with E-state index >= 15 is 0 Å². The van der Waals surface area contributed by atoms with E-state index in [4.69, 9.17) is 9.47 Å². The summed E-state index contributed by atoms with van der Waals surface area (Å²) in [4.78, 5) is 0. The standard InChI is InChI=1S/C18H27NO2/c1-3-19-17(18(20-2)10-6-11-18)13-14-9-12-21-16-8-5-4-7-15(14)16/h4-5,7-8,14,17,19H,3,6,9-13H2,1-2H3. The van der Waals surface area contributed by atoms with Crippen LogP contribution in [0.3, 0.4) is 0 Å². The van der Waals surface area contributed by atoms with Gasteiger partial charge in [-0.25, -0.2) is 0 Å². The highest BCUT2D eigenvalue weighted by Crippen LogP contribution is 2.43. The fraction of sp³-hybridized carbons (Fsp3) is 0.667. The second-order valence-electron chi connectivity index (χ2n) is 6.34. The van der Waals surface area contributed by atoms with Crippen molar-refractivity contribution in [3.8, 4) is 5.75 Å². The van der Waals surface area contributed by atoms with E-state index in [1.807, 2.05) is 7.11 Å². The number of nitrogens with one attached hydrogen (secondary N) is 1. The third-order valence-electron chi connectivity index (χ3n) is 5.29. The molecular formula is C18H27NO2. The molecule has 3 heteroatoms. The van der Waals surface area contributed by atoms with Gasteiger partial charge in [0.1, 0.15) is 5.75 Å². The summed E-state index contributed by atoms with van der Waals surface area (Å²) in [5.41, 5.74) is 1.43. The van der Waals surface area contributed by atoms with Crippen molar-refractivity contribution in [2.75, 3.05) is 20.3 Å². The molecule has 0 radical (unpaired) electrons. The highest BCUT2D eigenvalue weighted by Gasteiger charge is 2.45. The average molecular weight is 289 g/mol. The first-order chi connectivity index (χ1) is 10.3. The Bertz CT molecular complexity index is 465. The Labute approximate surface area is 128 Å². The molecule has 3 rings (SSSR count). The van der Waals surface area contributed by atoms with Gasteiger partial charge in [0.15, 0.2) is 0 Å². The first kappa shape index (κ1) is 14.9. The number of ether oxygens (including phenoxy) is 2. The third-order valence-corrected chi connectivity index (χ3v) is 5.29. The van der Waals surface area contributed by atoms with Gasteiger partial charge in [-0.15, -0.1) is 0 Å². The van der Waals surface area contributed by atoms with Gasteiger partial charge in [-0.1, -0.05) is 25.1 Å². The number of fused-ring (bicyclic) bond motifs is 1. The minimum Gasteiger partial charge on any atom is -0.493 e. The molecule has 0 aromatic heterocycles. The molecule has 21 heavy (non-hydrogen) atoms. The van der Waals surface area contributed by atoms with Gasteiger partial charge in [-0.2, -0.15) is 0 Å². The molecule has 0 amide bonds. The Morgan fingerprint density at radius 3 is 2.86 bits per heavy atom. The number of hydrogen-bond donors (Lipinski definition) is 1. The van der Waals surface area contributed by atoms with Gasteiger partial charge < -0.3 is 14.8 Å². The molecule has 1 aliphatic carbocycles. The van der Waals surface area contributed by atoms with E-state index in [2.05, 4.69) is 36.5 Å². The minimum absolute atomic E-state index is 0.0588. The smallest absolute Gasteiger partial charge is 0.122 e. The van der Waals surface area contributed by atoms with Crippen LogP contribution in [0.5, 0.6) is 5.75 Å². The van der Waals surface area contributed by atoms with E-state index in [0.29, 0.717) is 12.0 Å². The van der Waals surface area contributed by atoms with Crippen LogP contribution in [0.2, 0.25) is 0 Å². The first-order valence-corrected chi connectivity index (χ1v) is 8.29. The minimum atomic E-state index is 0.0588. The zero-order valence-electron chi connectivity index (χ0n) is 13.2. The molecule has 2 unspecified atom stereocenters. The molecule has 1 aromatic rings. The molecule has 2 aliphatic rings. The van der Waals surface area contributed by atoms with Crippen molar-refractivity contribution >= 4 is 0 Å². The van der Waals surface area contributed by atoms with Crippen molar-refractivity contribution in [1.29, 1.82) is 0 Å². The van der Waals surface area contributed by atoms with Crippen LogP contribution in [0, 0.1) is 0 Å².